The molecule has 1 aliphatic heterocycles. The molecule has 0 atom stereocenters. The number of hydrogen-bond donors (Lipinski definition) is 0. The third-order valence-electron chi connectivity index (χ3n) is 4.15. The average Bonchev–Trinajstić information content (AvgIpc) is 2.68. The van der Waals surface area contributed by atoms with Gasteiger partial charge in [-0.2, -0.15) is 13.2 Å². The lowest BCUT2D eigenvalue weighted by Gasteiger charge is -2.29. The zero-order valence-corrected chi connectivity index (χ0v) is 15.1. The van der Waals surface area contributed by atoms with Crippen molar-refractivity contribution in [2.75, 3.05) is 13.7 Å². The number of aromatic nitrogens is 1. The van der Waals surface area contributed by atoms with Gasteiger partial charge in [-0.3, -0.25) is 4.79 Å². The summed E-state index contributed by atoms with van der Waals surface area (Å²) in [5.41, 5.74) is -1.11. The van der Waals surface area contributed by atoms with Crippen LogP contribution in [0.4, 0.5) is 13.2 Å². The monoisotopic (exact) mass is 380 g/mol. The van der Waals surface area contributed by atoms with Crippen LogP contribution in [-0.4, -0.2) is 35.0 Å². The molecule has 1 aliphatic rings. The Morgan fingerprint density at radius 2 is 1.85 bits per heavy atom. The van der Waals surface area contributed by atoms with E-state index >= 15 is 0 Å². The molecular weight excluding hydrogens is 361 g/mol. The van der Waals surface area contributed by atoms with Crippen molar-refractivity contribution >= 4 is 5.91 Å². The van der Waals surface area contributed by atoms with E-state index in [1.807, 2.05) is 12.1 Å². The third-order valence-corrected chi connectivity index (χ3v) is 4.15. The molecule has 0 aliphatic carbocycles. The van der Waals surface area contributed by atoms with Crippen LogP contribution in [0.15, 0.2) is 36.4 Å². The Balaban J connectivity index is 1.94. The molecule has 1 aromatic heterocycles. The van der Waals surface area contributed by atoms with Crippen molar-refractivity contribution in [1.29, 1.82) is 0 Å². The van der Waals surface area contributed by atoms with Gasteiger partial charge in [0.2, 0.25) is 5.88 Å². The quantitative estimate of drug-likeness (QED) is 0.810. The first-order valence-electron chi connectivity index (χ1n) is 8.28. The Morgan fingerprint density at radius 3 is 2.44 bits per heavy atom. The molecule has 0 radical (unpaired) electrons. The molecule has 3 rings (SSSR count). The van der Waals surface area contributed by atoms with Crippen LogP contribution >= 0.6 is 0 Å². The summed E-state index contributed by atoms with van der Waals surface area (Å²) in [5.74, 6) is -0.0245. The maximum absolute atomic E-state index is 13.0. The van der Waals surface area contributed by atoms with E-state index in [0.717, 1.165) is 17.7 Å². The van der Waals surface area contributed by atoms with Gasteiger partial charge in [0.1, 0.15) is 22.6 Å². The number of carbonyl (C=O) groups is 1. The van der Waals surface area contributed by atoms with Crippen molar-refractivity contribution in [3.63, 3.8) is 0 Å². The molecule has 0 unspecified atom stereocenters. The van der Waals surface area contributed by atoms with Gasteiger partial charge in [-0.1, -0.05) is 12.1 Å². The standard InChI is InChI=1S/C19H19F3N2O3/c1-18(2)11-24(10-12-4-6-13(26-3)7-5-12)17(25)14-8-9-15(19(20,21)22)23-16(14)27-18/h4-9H,10-11H2,1-3H3. The first kappa shape index (κ1) is 19.0. The topological polar surface area (TPSA) is 51.7 Å². The molecule has 5 nitrogen and oxygen atoms in total. The van der Waals surface area contributed by atoms with Gasteiger partial charge in [-0.25, -0.2) is 4.98 Å². The van der Waals surface area contributed by atoms with E-state index in [1.165, 1.54) is 0 Å². The molecule has 144 valence electrons. The van der Waals surface area contributed by atoms with Crippen molar-refractivity contribution in [1.82, 2.24) is 9.88 Å². The summed E-state index contributed by atoms with van der Waals surface area (Å²) in [6.07, 6.45) is -4.61. The first-order chi connectivity index (χ1) is 12.6. The lowest BCUT2D eigenvalue weighted by molar-refractivity contribution is -0.141. The van der Waals surface area contributed by atoms with Crippen molar-refractivity contribution in [2.24, 2.45) is 0 Å². The highest BCUT2D eigenvalue weighted by molar-refractivity contribution is 5.96. The Morgan fingerprint density at radius 1 is 1.19 bits per heavy atom. The van der Waals surface area contributed by atoms with E-state index in [0.29, 0.717) is 5.75 Å². The smallest absolute Gasteiger partial charge is 0.433 e. The number of methoxy groups -OCH3 is 1. The van der Waals surface area contributed by atoms with E-state index < -0.39 is 23.4 Å². The van der Waals surface area contributed by atoms with E-state index in [9.17, 15) is 18.0 Å². The number of alkyl halides is 3. The molecule has 2 heterocycles. The molecule has 27 heavy (non-hydrogen) atoms. The summed E-state index contributed by atoms with van der Waals surface area (Å²) in [6.45, 7) is 3.91. The van der Waals surface area contributed by atoms with Gasteiger partial charge in [0, 0.05) is 6.54 Å². The Kier molecular flexibility index (Phi) is 4.75. The van der Waals surface area contributed by atoms with E-state index in [1.54, 1.807) is 38.0 Å². The highest BCUT2D eigenvalue weighted by Crippen LogP contribution is 2.34. The fourth-order valence-corrected chi connectivity index (χ4v) is 2.91. The molecule has 0 fully saturated rings. The van der Waals surface area contributed by atoms with Gasteiger partial charge in [-0.05, 0) is 43.7 Å². The second-order valence-electron chi connectivity index (χ2n) is 6.92. The highest BCUT2D eigenvalue weighted by Gasteiger charge is 2.38. The molecule has 0 bridgehead atoms. The lowest BCUT2D eigenvalue weighted by atomic mass is 10.1. The van der Waals surface area contributed by atoms with E-state index in [2.05, 4.69) is 4.98 Å². The SMILES string of the molecule is COc1ccc(CN2CC(C)(C)Oc3nc(C(F)(F)F)ccc3C2=O)cc1. The van der Waals surface area contributed by atoms with Crippen LogP contribution in [0.1, 0.15) is 35.5 Å². The molecule has 0 saturated heterocycles. The molecule has 1 aromatic carbocycles. The maximum Gasteiger partial charge on any atom is 0.433 e. The summed E-state index contributed by atoms with van der Waals surface area (Å²) in [6, 6.07) is 9.14. The van der Waals surface area contributed by atoms with Crippen molar-refractivity contribution in [2.45, 2.75) is 32.2 Å². The van der Waals surface area contributed by atoms with Crippen LogP contribution in [-0.2, 0) is 12.7 Å². The first-order valence-corrected chi connectivity index (χ1v) is 8.28. The maximum atomic E-state index is 13.0. The molecular formula is C19H19F3N2O3. The Hall–Kier alpha value is -2.77. The summed E-state index contributed by atoms with van der Waals surface area (Å²) < 4.78 is 49.6. The Bertz CT molecular complexity index is 848. The minimum atomic E-state index is -4.61. The summed E-state index contributed by atoms with van der Waals surface area (Å²) in [5, 5.41) is 0. The molecule has 0 saturated carbocycles. The fourth-order valence-electron chi connectivity index (χ4n) is 2.91. The van der Waals surface area contributed by atoms with Crippen LogP contribution in [0.3, 0.4) is 0 Å². The molecule has 0 spiro atoms. The largest absolute Gasteiger partial charge is 0.497 e. The summed E-state index contributed by atoms with van der Waals surface area (Å²) in [4.78, 5) is 18.0. The van der Waals surface area contributed by atoms with Gasteiger partial charge in [0.15, 0.2) is 0 Å². The van der Waals surface area contributed by atoms with Crippen LogP contribution < -0.4 is 9.47 Å². The zero-order valence-electron chi connectivity index (χ0n) is 15.1. The molecule has 8 heteroatoms. The second-order valence-corrected chi connectivity index (χ2v) is 6.92. The number of rotatable bonds is 3. The predicted octanol–water partition coefficient (Wildman–Crippen LogP) is 3.92. The van der Waals surface area contributed by atoms with Crippen molar-refractivity contribution in [3.05, 3.63) is 53.2 Å². The van der Waals surface area contributed by atoms with Gasteiger partial charge in [-0.15, -0.1) is 0 Å². The number of ether oxygens (including phenoxy) is 2. The van der Waals surface area contributed by atoms with Crippen LogP contribution in [0.2, 0.25) is 0 Å². The summed E-state index contributed by atoms with van der Waals surface area (Å²) >= 11 is 0. The predicted molar refractivity (Wildman–Crippen MR) is 91.7 cm³/mol. The average molecular weight is 380 g/mol. The van der Waals surface area contributed by atoms with Gasteiger partial charge >= 0.3 is 6.18 Å². The lowest BCUT2D eigenvalue weighted by Crippen LogP contribution is -2.42. The third kappa shape index (κ3) is 4.15. The van der Waals surface area contributed by atoms with Gasteiger partial charge in [0.25, 0.3) is 5.91 Å². The van der Waals surface area contributed by atoms with Crippen LogP contribution in [0.5, 0.6) is 11.6 Å². The Labute approximate surface area is 154 Å². The number of pyridine rings is 1. The number of carbonyl (C=O) groups excluding carboxylic acids is 1. The zero-order chi connectivity index (χ0) is 19.8. The number of nitrogens with zero attached hydrogens (tertiary/aromatic N) is 2. The number of halogens is 3. The molecule has 0 N–H and O–H groups in total. The second kappa shape index (κ2) is 6.75. The van der Waals surface area contributed by atoms with Gasteiger partial charge < -0.3 is 14.4 Å². The summed E-state index contributed by atoms with van der Waals surface area (Å²) in [7, 11) is 1.56. The highest BCUT2D eigenvalue weighted by atomic mass is 19.4. The minimum absolute atomic E-state index is 0.0158. The van der Waals surface area contributed by atoms with Crippen LogP contribution in [0, 0.1) is 0 Å². The minimum Gasteiger partial charge on any atom is -0.497 e. The van der Waals surface area contributed by atoms with Crippen molar-refractivity contribution in [3.8, 4) is 11.6 Å². The van der Waals surface area contributed by atoms with E-state index in [4.69, 9.17) is 9.47 Å². The van der Waals surface area contributed by atoms with Crippen LogP contribution in [0.25, 0.3) is 0 Å². The molecule has 1 amide bonds. The molecule has 2 aromatic rings. The number of benzene rings is 1. The number of amides is 1. The number of fused-ring (bicyclic) bond motifs is 1. The number of hydrogen-bond acceptors (Lipinski definition) is 4. The van der Waals surface area contributed by atoms with Crippen molar-refractivity contribution < 1.29 is 27.4 Å². The van der Waals surface area contributed by atoms with E-state index in [-0.39, 0.29) is 24.5 Å². The van der Waals surface area contributed by atoms with Gasteiger partial charge in [0.05, 0.1) is 13.7 Å². The fraction of sp³-hybridized carbons (Fsp3) is 0.368. The normalized spacial score (nSPS) is 16.4.